The molecule has 0 aromatic heterocycles. The van der Waals surface area contributed by atoms with Crippen molar-refractivity contribution in [1.82, 2.24) is 10.2 Å². The fourth-order valence-corrected chi connectivity index (χ4v) is 4.44. The van der Waals surface area contributed by atoms with E-state index >= 15 is 0 Å². The zero-order valence-electron chi connectivity index (χ0n) is 12.8. The number of thioether (sulfide) groups is 1. The number of nitrogens with one attached hydrogen (secondary N) is 1. The molecule has 2 fully saturated rings. The second-order valence-electron chi connectivity index (χ2n) is 6.82. The predicted octanol–water partition coefficient (Wildman–Crippen LogP) is 2.22. The predicted molar refractivity (Wildman–Crippen MR) is 84.0 cm³/mol. The van der Waals surface area contributed by atoms with Crippen LogP contribution in [0.3, 0.4) is 0 Å². The van der Waals surface area contributed by atoms with Gasteiger partial charge in [-0.05, 0) is 32.9 Å². The Labute approximate surface area is 122 Å². The van der Waals surface area contributed by atoms with Crippen LogP contribution in [0.5, 0.6) is 0 Å². The highest BCUT2D eigenvalue weighted by Gasteiger charge is 2.35. The summed E-state index contributed by atoms with van der Waals surface area (Å²) in [5, 5.41) is 3.39. The molecular weight excluding hydrogens is 256 g/mol. The highest BCUT2D eigenvalue weighted by atomic mass is 32.2. The van der Waals surface area contributed by atoms with Gasteiger partial charge in [-0.1, -0.05) is 13.8 Å². The summed E-state index contributed by atoms with van der Waals surface area (Å²) in [4.78, 5) is 2.67. The van der Waals surface area contributed by atoms with Gasteiger partial charge in [0.05, 0.1) is 6.61 Å². The molecule has 3 nitrogen and oxygen atoms in total. The van der Waals surface area contributed by atoms with E-state index in [4.69, 9.17) is 4.74 Å². The Morgan fingerprint density at radius 2 is 2.11 bits per heavy atom. The first-order chi connectivity index (χ1) is 9.05. The maximum absolute atomic E-state index is 5.78. The van der Waals surface area contributed by atoms with Gasteiger partial charge in [0, 0.05) is 42.2 Å². The fraction of sp³-hybridized carbons (Fsp3) is 1.00. The quantitative estimate of drug-likeness (QED) is 0.856. The number of hydrogen-bond acceptors (Lipinski definition) is 4. The number of hydrogen-bond donors (Lipinski definition) is 1. The normalized spacial score (nSPS) is 33.0. The average Bonchev–Trinajstić information content (AvgIpc) is 2.52. The Bertz CT molecular complexity index is 272. The Morgan fingerprint density at radius 3 is 2.79 bits per heavy atom. The second-order valence-corrected chi connectivity index (χ2v) is 8.62. The highest BCUT2D eigenvalue weighted by Crippen LogP contribution is 2.34. The van der Waals surface area contributed by atoms with Crippen molar-refractivity contribution in [3.8, 4) is 0 Å². The Kier molecular flexibility index (Phi) is 5.58. The molecule has 112 valence electrons. The Morgan fingerprint density at radius 1 is 1.26 bits per heavy atom. The molecule has 0 radical (unpaired) electrons. The molecule has 2 rings (SSSR count). The fourth-order valence-electron chi connectivity index (χ4n) is 3.30. The van der Waals surface area contributed by atoms with E-state index in [1.807, 2.05) is 0 Å². The Balaban J connectivity index is 1.93. The van der Waals surface area contributed by atoms with Crippen LogP contribution in [-0.4, -0.2) is 61.8 Å². The topological polar surface area (TPSA) is 24.5 Å². The molecule has 19 heavy (non-hydrogen) atoms. The van der Waals surface area contributed by atoms with E-state index in [1.165, 1.54) is 44.6 Å². The van der Waals surface area contributed by atoms with Crippen LogP contribution >= 0.6 is 11.8 Å². The van der Waals surface area contributed by atoms with Gasteiger partial charge in [-0.15, -0.1) is 0 Å². The molecule has 1 N–H and O–H groups in total. The first-order valence-electron chi connectivity index (χ1n) is 7.64. The minimum atomic E-state index is 0.339. The molecule has 1 unspecified atom stereocenters. The van der Waals surface area contributed by atoms with Crippen LogP contribution in [0.1, 0.15) is 33.1 Å². The summed E-state index contributed by atoms with van der Waals surface area (Å²) >= 11 is 2.13. The molecule has 0 aromatic carbocycles. The third-order valence-electron chi connectivity index (χ3n) is 4.45. The third kappa shape index (κ3) is 4.62. The number of nitrogens with zero attached hydrogens (tertiary/aromatic N) is 1. The second kappa shape index (κ2) is 6.79. The zero-order valence-corrected chi connectivity index (χ0v) is 13.7. The number of ether oxygens (including phenoxy) is 1. The third-order valence-corrected chi connectivity index (χ3v) is 5.82. The summed E-state index contributed by atoms with van der Waals surface area (Å²) in [6.45, 7) is 11.4. The minimum absolute atomic E-state index is 0.339. The van der Waals surface area contributed by atoms with Crippen molar-refractivity contribution in [3.63, 3.8) is 0 Å². The van der Waals surface area contributed by atoms with Crippen molar-refractivity contribution >= 4 is 11.8 Å². The van der Waals surface area contributed by atoms with Crippen LogP contribution in [-0.2, 0) is 4.74 Å². The van der Waals surface area contributed by atoms with E-state index in [0.29, 0.717) is 10.2 Å². The van der Waals surface area contributed by atoms with E-state index in [1.54, 1.807) is 0 Å². The maximum atomic E-state index is 5.78. The first-order valence-corrected chi connectivity index (χ1v) is 8.63. The zero-order chi connectivity index (χ0) is 13.8. The monoisotopic (exact) mass is 286 g/mol. The lowest BCUT2D eigenvalue weighted by Gasteiger charge is -2.40. The average molecular weight is 286 g/mol. The molecule has 0 spiro atoms. The molecule has 2 aliphatic rings. The van der Waals surface area contributed by atoms with Gasteiger partial charge < -0.3 is 15.0 Å². The van der Waals surface area contributed by atoms with E-state index in [9.17, 15) is 0 Å². The maximum Gasteiger partial charge on any atom is 0.0546 e. The van der Waals surface area contributed by atoms with Gasteiger partial charge in [0.25, 0.3) is 0 Å². The van der Waals surface area contributed by atoms with Gasteiger partial charge in [0.15, 0.2) is 0 Å². The molecule has 0 saturated carbocycles. The summed E-state index contributed by atoms with van der Waals surface area (Å²) < 4.78 is 6.23. The molecule has 0 bridgehead atoms. The largest absolute Gasteiger partial charge is 0.381 e. The van der Waals surface area contributed by atoms with Crippen LogP contribution in [0.25, 0.3) is 0 Å². The van der Waals surface area contributed by atoms with Crippen molar-refractivity contribution in [2.24, 2.45) is 5.41 Å². The van der Waals surface area contributed by atoms with Gasteiger partial charge in [-0.25, -0.2) is 0 Å². The smallest absolute Gasteiger partial charge is 0.0546 e. The van der Waals surface area contributed by atoms with Crippen molar-refractivity contribution < 1.29 is 4.74 Å². The van der Waals surface area contributed by atoms with Crippen LogP contribution in [0.4, 0.5) is 0 Å². The Hall–Kier alpha value is 0.230. The van der Waals surface area contributed by atoms with Crippen molar-refractivity contribution in [2.45, 2.75) is 37.9 Å². The summed E-state index contributed by atoms with van der Waals surface area (Å²) in [5.74, 6) is 1.27. The molecule has 0 amide bonds. The van der Waals surface area contributed by atoms with Crippen LogP contribution < -0.4 is 5.32 Å². The SMILES string of the molecule is CNCC1(CN2CCSC(C)(C)CC2)CCCOC1. The highest BCUT2D eigenvalue weighted by molar-refractivity contribution is 8.00. The molecule has 1 atom stereocenters. The lowest BCUT2D eigenvalue weighted by Crippen LogP contribution is -2.49. The lowest BCUT2D eigenvalue weighted by atomic mass is 9.81. The van der Waals surface area contributed by atoms with E-state index in [2.05, 4.69) is 42.9 Å². The molecule has 0 aromatic rings. The van der Waals surface area contributed by atoms with Crippen LogP contribution in [0.2, 0.25) is 0 Å². The summed E-state index contributed by atoms with van der Waals surface area (Å²) in [7, 11) is 2.07. The van der Waals surface area contributed by atoms with Crippen molar-refractivity contribution in [2.75, 3.05) is 52.2 Å². The van der Waals surface area contributed by atoms with Crippen LogP contribution in [0.15, 0.2) is 0 Å². The van der Waals surface area contributed by atoms with Gasteiger partial charge in [-0.3, -0.25) is 0 Å². The summed E-state index contributed by atoms with van der Waals surface area (Å²) in [6, 6.07) is 0. The van der Waals surface area contributed by atoms with E-state index in [0.717, 1.165) is 19.8 Å². The molecule has 2 aliphatic heterocycles. The summed E-state index contributed by atoms with van der Waals surface area (Å²) in [5.41, 5.74) is 0.339. The minimum Gasteiger partial charge on any atom is -0.381 e. The van der Waals surface area contributed by atoms with Gasteiger partial charge in [0.1, 0.15) is 0 Å². The van der Waals surface area contributed by atoms with E-state index < -0.39 is 0 Å². The summed E-state index contributed by atoms with van der Waals surface area (Å²) in [6.07, 6.45) is 3.82. The molecule has 0 aliphatic carbocycles. The lowest BCUT2D eigenvalue weighted by molar-refractivity contribution is -0.0246. The van der Waals surface area contributed by atoms with Crippen molar-refractivity contribution in [3.05, 3.63) is 0 Å². The molecular formula is C15H30N2OS. The molecule has 4 heteroatoms. The standard InChI is InChI=1S/C15H30N2OS/c1-14(2)6-7-17(8-10-19-14)12-15(11-16-3)5-4-9-18-13-15/h16H,4-13H2,1-3H3. The van der Waals surface area contributed by atoms with Crippen LogP contribution in [0, 0.1) is 5.41 Å². The first kappa shape index (κ1) is 15.6. The van der Waals surface area contributed by atoms with Gasteiger partial charge in [-0.2, -0.15) is 11.8 Å². The van der Waals surface area contributed by atoms with Gasteiger partial charge in [0.2, 0.25) is 0 Å². The molecule has 2 saturated heterocycles. The van der Waals surface area contributed by atoms with E-state index in [-0.39, 0.29) is 0 Å². The van der Waals surface area contributed by atoms with Gasteiger partial charge >= 0.3 is 0 Å². The molecule has 2 heterocycles. The number of rotatable bonds is 4. The van der Waals surface area contributed by atoms with Crippen molar-refractivity contribution in [1.29, 1.82) is 0 Å².